The topological polar surface area (TPSA) is 86.8 Å². The van der Waals surface area contributed by atoms with Crippen molar-refractivity contribution in [1.29, 1.82) is 0 Å². The third kappa shape index (κ3) is 6.32. The number of ether oxygens (including phenoxy) is 1. The summed E-state index contributed by atoms with van der Waals surface area (Å²) in [5.41, 5.74) is 8.71. The molecule has 2 atom stereocenters. The zero-order valence-corrected chi connectivity index (χ0v) is 19.3. The van der Waals surface area contributed by atoms with Gasteiger partial charge in [0.2, 0.25) is 0 Å². The lowest BCUT2D eigenvalue weighted by Gasteiger charge is -2.17. The summed E-state index contributed by atoms with van der Waals surface area (Å²) in [5.74, 6) is 0.467. The highest BCUT2D eigenvalue weighted by Gasteiger charge is 2.26. The predicted molar refractivity (Wildman–Crippen MR) is 130 cm³/mol. The molecule has 176 valence electrons. The molecule has 3 aromatic rings. The Hall–Kier alpha value is -3.46. The number of guanidine groups is 1. The molecule has 9 heteroatoms. The molecule has 1 aliphatic rings. The summed E-state index contributed by atoms with van der Waals surface area (Å²) in [6.07, 6.45) is 0.435. The molecule has 0 aliphatic carbocycles. The summed E-state index contributed by atoms with van der Waals surface area (Å²) in [6.45, 7) is 0.335. The molecule has 1 amide bonds. The second-order valence-electron chi connectivity index (χ2n) is 7.80. The van der Waals surface area contributed by atoms with Crippen LogP contribution in [0.2, 0.25) is 5.02 Å². The molecule has 7 nitrogen and oxygen atoms in total. The number of hydrazine groups is 1. The van der Waals surface area contributed by atoms with Crippen LogP contribution in [-0.4, -0.2) is 25.1 Å². The van der Waals surface area contributed by atoms with Gasteiger partial charge in [0, 0.05) is 23.0 Å². The minimum atomic E-state index is -0.311. The van der Waals surface area contributed by atoms with Crippen molar-refractivity contribution in [1.82, 2.24) is 21.5 Å². The minimum Gasteiger partial charge on any atom is -0.497 e. The number of aliphatic imine (C=N–C) groups is 1. The maximum Gasteiger partial charge on any atom is 0.257 e. The lowest BCUT2D eigenvalue weighted by atomic mass is 10.0. The second-order valence-corrected chi connectivity index (χ2v) is 8.24. The Morgan fingerprint density at radius 3 is 2.62 bits per heavy atom. The van der Waals surface area contributed by atoms with Crippen molar-refractivity contribution < 1.29 is 13.9 Å². The average Bonchev–Trinajstić information content (AvgIpc) is 3.32. The molecule has 0 bridgehead atoms. The standard InChI is InChI=1S/C25H25ClFN5O2/c1-34-21-4-2-3-16(13-21)15-28-25(30-24(33)18-5-9-19(26)10-6-18)29-23-14-22(31-32-23)17-7-11-20(27)12-8-17/h2-13,22-23,31-32H,14-15H2,1H3,(H2,28,29,30,33). The Kier molecular flexibility index (Phi) is 7.74. The summed E-state index contributed by atoms with van der Waals surface area (Å²) in [6, 6.07) is 20.5. The fourth-order valence-corrected chi connectivity index (χ4v) is 3.70. The van der Waals surface area contributed by atoms with E-state index in [0.717, 1.165) is 16.9 Å². The molecule has 0 saturated carbocycles. The first-order chi connectivity index (χ1) is 16.5. The number of carbonyl (C=O) groups excluding carboxylic acids is 1. The van der Waals surface area contributed by atoms with Gasteiger partial charge in [-0.05, 0) is 59.7 Å². The van der Waals surface area contributed by atoms with Crippen molar-refractivity contribution in [2.45, 2.75) is 25.2 Å². The van der Waals surface area contributed by atoms with Gasteiger partial charge in [0.25, 0.3) is 5.91 Å². The van der Waals surface area contributed by atoms with Gasteiger partial charge in [-0.15, -0.1) is 0 Å². The molecule has 4 N–H and O–H groups in total. The molecule has 0 aromatic heterocycles. The largest absolute Gasteiger partial charge is 0.497 e. The molecule has 4 rings (SSSR count). The summed E-state index contributed by atoms with van der Waals surface area (Å²) < 4.78 is 18.5. The van der Waals surface area contributed by atoms with E-state index in [1.165, 1.54) is 12.1 Å². The highest BCUT2D eigenvalue weighted by molar-refractivity contribution is 6.30. The molecule has 34 heavy (non-hydrogen) atoms. The van der Waals surface area contributed by atoms with E-state index in [1.54, 1.807) is 43.5 Å². The van der Waals surface area contributed by atoms with E-state index >= 15 is 0 Å². The number of amides is 1. The van der Waals surface area contributed by atoms with Gasteiger partial charge in [-0.3, -0.25) is 10.1 Å². The summed E-state index contributed by atoms with van der Waals surface area (Å²) in [7, 11) is 1.61. The first-order valence-corrected chi connectivity index (χ1v) is 11.2. The number of hydrogen-bond donors (Lipinski definition) is 4. The van der Waals surface area contributed by atoms with Gasteiger partial charge in [-0.1, -0.05) is 35.9 Å². The Labute approximate surface area is 202 Å². The lowest BCUT2D eigenvalue weighted by Crippen LogP contribution is -2.50. The SMILES string of the molecule is COc1cccc(CN=C(NC(=O)c2ccc(Cl)cc2)NC2CC(c3ccc(F)cc3)NN2)c1. The van der Waals surface area contributed by atoms with Crippen LogP contribution in [0.3, 0.4) is 0 Å². The molecule has 1 heterocycles. The zero-order valence-electron chi connectivity index (χ0n) is 18.5. The van der Waals surface area contributed by atoms with Crippen LogP contribution < -0.4 is 26.2 Å². The highest BCUT2D eigenvalue weighted by atomic mass is 35.5. The maximum absolute atomic E-state index is 13.3. The van der Waals surface area contributed by atoms with E-state index in [4.69, 9.17) is 16.3 Å². The van der Waals surface area contributed by atoms with E-state index < -0.39 is 0 Å². The minimum absolute atomic E-state index is 0.0234. The van der Waals surface area contributed by atoms with Crippen molar-refractivity contribution >= 4 is 23.5 Å². The monoisotopic (exact) mass is 481 g/mol. The van der Waals surface area contributed by atoms with Gasteiger partial charge in [-0.2, -0.15) is 0 Å². The van der Waals surface area contributed by atoms with Gasteiger partial charge >= 0.3 is 0 Å². The summed E-state index contributed by atoms with van der Waals surface area (Å²) in [5, 5.41) is 6.65. The molecule has 1 fully saturated rings. The van der Waals surface area contributed by atoms with Crippen LogP contribution in [0.5, 0.6) is 5.75 Å². The molecule has 1 aliphatic heterocycles. The van der Waals surface area contributed by atoms with Gasteiger partial charge < -0.3 is 10.1 Å². The lowest BCUT2D eigenvalue weighted by molar-refractivity contribution is 0.0975. The summed E-state index contributed by atoms with van der Waals surface area (Å²) in [4.78, 5) is 17.4. The van der Waals surface area contributed by atoms with Gasteiger partial charge in [0.15, 0.2) is 5.96 Å². The summed E-state index contributed by atoms with van der Waals surface area (Å²) >= 11 is 5.94. The van der Waals surface area contributed by atoms with Crippen LogP contribution in [0.25, 0.3) is 0 Å². The number of hydrogen-bond acceptors (Lipinski definition) is 5. The first-order valence-electron chi connectivity index (χ1n) is 10.8. The molecule has 1 saturated heterocycles. The van der Waals surface area contributed by atoms with Crippen molar-refractivity contribution in [2.24, 2.45) is 4.99 Å². The van der Waals surface area contributed by atoms with Crippen molar-refractivity contribution in [3.8, 4) is 5.75 Å². The molecule has 3 aromatic carbocycles. The van der Waals surface area contributed by atoms with Crippen molar-refractivity contribution in [2.75, 3.05) is 7.11 Å². The van der Waals surface area contributed by atoms with Crippen LogP contribution in [0, 0.1) is 5.82 Å². The Bertz CT molecular complexity index is 1150. The Morgan fingerprint density at radius 2 is 1.88 bits per heavy atom. The van der Waals surface area contributed by atoms with Crippen LogP contribution >= 0.6 is 11.6 Å². The number of benzene rings is 3. The van der Waals surface area contributed by atoms with Crippen LogP contribution in [0.4, 0.5) is 4.39 Å². The zero-order chi connectivity index (χ0) is 23.9. The van der Waals surface area contributed by atoms with E-state index in [2.05, 4.69) is 26.5 Å². The number of nitrogens with zero attached hydrogens (tertiary/aromatic N) is 1. The van der Waals surface area contributed by atoms with Gasteiger partial charge in [0.1, 0.15) is 11.6 Å². The quantitative estimate of drug-likeness (QED) is 0.316. The third-order valence-electron chi connectivity index (χ3n) is 5.38. The van der Waals surface area contributed by atoms with Gasteiger partial charge in [0.05, 0.1) is 19.8 Å². The van der Waals surface area contributed by atoms with E-state index in [0.29, 0.717) is 29.5 Å². The molecular formula is C25H25ClFN5O2. The fourth-order valence-electron chi connectivity index (χ4n) is 3.57. The first kappa shape index (κ1) is 23.7. The van der Waals surface area contributed by atoms with Crippen molar-refractivity contribution in [3.05, 3.63) is 100 Å². The predicted octanol–water partition coefficient (Wildman–Crippen LogP) is 3.93. The number of nitrogens with one attached hydrogen (secondary N) is 4. The second kappa shape index (κ2) is 11.1. The molecule has 0 radical (unpaired) electrons. The van der Waals surface area contributed by atoms with Gasteiger partial charge in [-0.25, -0.2) is 20.2 Å². The third-order valence-corrected chi connectivity index (χ3v) is 5.63. The van der Waals surface area contributed by atoms with Crippen molar-refractivity contribution in [3.63, 3.8) is 0 Å². The van der Waals surface area contributed by atoms with Crippen LogP contribution in [-0.2, 0) is 6.54 Å². The molecule has 0 spiro atoms. The molecule has 2 unspecified atom stereocenters. The number of carbonyl (C=O) groups is 1. The van der Waals surface area contributed by atoms with E-state index in [1.807, 2.05) is 24.3 Å². The smallest absolute Gasteiger partial charge is 0.257 e. The Balaban J connectivity index is 1.47. The normalized spacial score (nSPS) is 17.9. The average molecular weight is 482 g/mol. The fraction of sp³-hybridized carbons (Fsp3) is 0.200. The molecular weight excluding hydrogens is 457 g/mol. The Morgan fingerprint density at radius 1 is 1.12 bits per heavy atom. The number of methoxy groups -OCH3 is 1. The number of rotatable bonds is 6. The number of halogens is 2. The van der Waals surface area contributed by atoms with E-state index in [-0.39, 0.29) is 23.9 Å². The van der Waals surface area contributed by atoms with E-state index in [9.17, 15) is 9.18 Å². The van der Waals surface area contributed by atoms with Crippen LogP contribution in [0.15, 0.2) is 77.8 Å². The maximum atomic E-state index is 13.3. The van der Waals surface area contributed by atoms with Crippen LogP contribution in [0.1, 0.15) is 33.9 Å². The highest BCUT2D eigenvalue weighted by Crippen LogP contribution is 2.21.